The molecule has 0 aliphatic carbocycles. The summed E-state index contributed by atoms with van der Waals surface area (Å²) in [6.45, 7) is 1.61. The fourth-order valence-electron chi connectivity index (χ4n) is 2.15. The molecule has 1 amide bonds. The number of nitrogens with one attached hydrogen (secondary N) is 1. The number of carboxylic acids is 1. The Balaban J connectivity index is 2.52. The van der Waals surface area contributed by atoms with E-state index in [-0.39, 0.29) is 24.0 Å². The van der Waals surface area contributed by atoms with Gasteiger partial charge in [0, 0.05) is 12.2 Å². The van der Waals surface area contributed by atoms with E-state index in [1.165, 1.54) is 0 Å². The van der Waals surface area contributed by atoms with Crippen molar-refractivity contribution in [2.24, 2.45) is 5.92 Å². The lowest BCUT2D eigenvalue weighted by atomic mass is 9.96. The van der Waals surface area contributed by atoms with E-state index in [1.54, 1.807) is 0 Å². The lowest BCUT2D eigenvalue weighted by Gasteiger charge is -2.28. The molecular formula is C12H22N2O5S. The Labute approximate surface area is 119 Å². The average molecular weight is 306 g/mol. The molecule has 0 aromatic carbocycles. The highest BCUT2D eigenvalue weighted by Crippen LogP contribution is 2.16. The van der Waals surface area contributed by atoms with Gasteiger partial charge in [-0.25, -0.2) is 13.2 Å². The van der Waals surface area contributed by atoms with E-state index in [0.29, 0.717) is 12.8 Å². The van der Waals surface area contributed by atoms with Gasteiger partial charge in [0.05, 0.1) is 5.75 Å². The number of likely N-dealkylation sites (tertiary alicyclic amines) is 1. The normalized spacial score (nSPS) is 19.5. The molecule has 1 unspecified atom stereocenters. The van der Waals surface area contributed by atoms with Gasteiger partial charge < -0.3 is 15.3 Å². The van der Waals surface area contributed by atoms with Crippen molar-refractivity contribution < 1.29 is 23.1 Å². The molecule has 2 N–H and O–H groups in total. The molecule has 0 radical (unpaired) electrons. The largest absolute Gasteiger partial charge is 0.480 e. The molecule has 0 saturated carbocycles. The maximum Gasteiger partial charge on any atom is 0.326 e. The van der Waals surface area contributed by atoms with E-state index in [1.807, 2.05) is 7.05 Å². The Bertz CT molecular complexity index is 454. The first-order chi connectivity index (χ1) is 9.19. The molecule has 1 heterocycles. The van der Waals surface area contributed by atoms with Crippen LogP contribution in [0.25, 0.3) is 0 Å². The fraction of sp³-hybridized carbons (Fsp3) is 0.833. The summed E-state index contributed by atoms with van der Waals surface area (Å²) < 4.78 is 22.1. The third kappa shape index (κ3) is 5.87. The van der Waals surface area contributed by atoms with E-state index < -0.39 is 21.8 Å². The molecule has 116 valence electrons. The van der Waals surface area contributed by atoms with Crippen LogP contribution in [0.1, 0.15) is 19.3 Å². The summed E-state index contributed by atoms with van der Waals surface area (Å²) >= 11 is 0. The van der Waals surface area contributed by atoms with Gasteiger partial charge in [0.1, 0.15) is 15.9 Å². The van der Waals surface area contributed by atoms with Crippen molar-refractivity contribution >= 4 is 21.7 Å². The van der Waals surface area contributed by atoms with Gasteiger partial charge in [-0.3, -0.25) is 4.79 Å². The predicted molar refractivity (Wildman–Crippen MR) is 74.1 cm³/mol. The Morgan fingerprint density at radius 3 is 2.35 bits per heavy atom. The summed E-state index contributed by atoms with van der Waals surface area (Å²) in [7, 11) is -1.27. The van der Waals surface area contributed by atoms with Crippen LogP contribution in [0.5, 0.6) is 0 Å². The lowest BCUT2D eigenvalue weighted by molar-refractivity contribution is -0.142. The van der Waals surface area contributed by atoms with E-state index in [4.69, 9.17) is 5.11 Å². The third-order valence-electron chi connectivity index (χ3n) is 3.48. The highest BCUT2D eigenvalue weighted by atomic mass is 32.2. The number of hydrogen-bond acceptors (Lipinski definition) is 5. The number of sulfone groups is 1. The van der Waals surface area contributed by atoms with Gasteiger partial charge in [0.15, 0.2) is 0 Å². The number of rotatable bonds is 6. The first-order valence-electron chi connectivity index (χ1n) is 6.58. The maximum absolute atomic E-state index is 12.0. The molecule has 20 heavy (non-hydrogen) atoms. The molecule has 1 aliphatic heterocycles. The predicted octanol–water partition coefficient (Wildman–Crippen LogP) is -0.668. The van der Waals surface area contributed by atoms with Crippen LogP contribution in [0.2, 0.25) is 0 Å². The van der Waals surface area contributed by atoms with E-state index in [0.717, 1.165) is 19.3 Å². The van der Waals surface area contributed by atoms with Gasteiger partial charge >= 0.3 is 5.97 Å². The summed E-state index contributed by atoms with van der Waals surface area (Å²) in [5, 5.41) is 11.5. The molecule has 1 saturated heterocycles. The molecule has 0 bridgehead atoms. The van der Waals surface area contributed by atoms with Crippen LogP contribution < -0.4 is 5.32 Å². The number of aliphatic carboxylic acids is 1. The van der Waals surface area contributed by atoms with E-state index in [2.05, 4.69) is 10.2 Å². The Kier molecular flexibility index (Phi) is 5.94. The zero-order chi connectivity index (χ0) is 15.3. The first kappa shape index (κ1) is 16.9. The van der Waals surface area contributed by atoms with Crippen molar-refractivity contribution in [1.29, 1.82) is 0 Å². The SMILES string of the molecule is CN1CCC(C(=O)NC(CCS(C)(=O)=O)C(=O)O)CC1. The monoisotopic (exact) mass is 306 g/mol. The molecular weight excluding hydrogens is 284 g/mol. The van der Waals surface area contributed by atoms with Gasteiger partial charge in [-0.15, -0.1) is 0 Å². The Hall–Kier alpha value is -1.15. The summed E-state index contributed by atoms with van der Waals surface area (Å²) in [6, 6.07) is -1.14. The average Bonchev–Trinajstić information content (AvgIpc) is 2.33. The summed E-state index contributed by atoms with van der Waals surface area (Å²) in [4.78, 5) is 25.2. The van der Waals surface area contributed by atoms with Crippen molar-refractivity contribution in [3.8, 4) is 0 Å². The zero-order valence-electron chi connectivity index (χ0n) is 11.8. The Morgan fingerprint density at radius 2 is 1.90 bits per heavy atom. The van der Waals surface area contributed by atoms with Gasteiger partial charge in [-0.1, -0.05) is 0 Å². The minimum Gasteiger partial charge on any atom is -0.480 e. The smallest absolute Gasteiger partial charge is 0.326 e. The topological polar surface area (TPSA) is 104 Å². The number of hydrogen-bond donors (Lipinski definition) is 2. The number of carbonyl (C=O) groups excluding carboxylic acids is 1. The molecule has 1 atom stereocenters. The van der Waals surface area contributed by atoms with Crippen molar-refractivity contribution in [2.45, 2.75) is 25.3 Å². The summed E-state index contributed by atoms with van der Waals surface area (Å²) in [5.41, 5.74) is 0. The van der Waals surface area contributed by atoms with Crippen LogP contribution in [0.4, 0.5) is 0 Å². The second kappa shape index (κ2) is 7.03. The number of carbonyl (C=O) groups is 2. The molecule has 7 nitrogen and oxygen atoms in total. The molecule has 1 fully saturated rings. The van der Waals surface area contributed by atoms with Crippen LogP contribution >= 0.6 is 0 Å². The van der Waals surface area contributed by atoms with Crippen molar-refractivity contribution in [3.05, 3.63) is 0 Å². The van der Waals surface area contributed by atoms with Crippen LogP contribution in [0, 0.1) is 5.92 Å². The number of nitrogens with zero attached hydrogens (tertiary/aromatic N) is 1. The number of piperidine rings is 1. The summed E-state index contributed by atoms with van der Waals surface area (Å²) in [6.07, 6.45) is 2.33. The summed E-state index contributed by atoms with van der Waals surface area (Å²) in [5.74, 6) is -1.93. The number of carboxylic acid groups (broad SMARTS) is 1. The highest BCUT2D eigenvalue weighted by Gasteiger charge is 2.28. The van der Waals surface area contributed by atoms with Crippen LogP contribution in [0.15, 0.2) is 0 Å². The molecule has 0 aromatic rings. The van der Waals surface area contributed by atoms with E-state index in [9.17, 15) is 18.0 Å². The first-order valence-corrected chi connectivity index (χ1v) is 8.64. The van der Waals surface area contributed by atoms with Gasteiger partial charge in [-0.2, -0.15) is 0 Å². The van der Waals surface area contributed by atoms with Crippen molar-refractivity contribution in [1.82, 2.24) is 10.2 Å². The van der Waals surface area contributed by atoms with E-state index >= 15 is 0 Å². The highest BCUT2D eigenvalue weighted by molar-refractivity contribution is 7.90. The second-order valence-electron chi connectivity index (χ2n) is 5.40. The fourth-order valence-corrected chi connectivity index (χ4v) is 2.81. The quantitative estimate of drug-likeness (QED) is 0.674. The number of amides is 1. The Morgan fingerprint density at radius 1 is 1.35 bits per heavy atom. The van der Waals surface area contributed by atoms with Gasteiger partial charge in [0.25, 0.3) is 0 Å². The molecule has 0 aromatic heterocycles. The van der Waals surface area contributed by atoms with Crippen LogP contribution in [0.3, 0.4) is 0 Å². The van der Waals surface area contributed by atoms with Gasteiger partial charge in [0.2, 0.25) is 5.91 Å². The minimum absolute atomic E-state index is 0.105. The van der Waals surface area contributed by atoms with Crippen molar-refractivity contribution in [3.63, 3.8) is 0 Å². The standard InChI is InChI=1S/C12H22N2O5S/c1-14-6-3-9(4-7-14)11(15)13-10(12(16)17)5-8-20(2,18)19/h9-10H,3-8H2,1-2H3,(H,13,15)(H,16,17). The zero-order valence-corrected chi connectivity index (χ0v) is 12.6. The van der Waals surface area contributed by atoms with Crippen LogP contribution in [-0.4, -0.2) is 68.5 Å². The molecule has 8 heteroatoms. The van der Waals surface area contributed by atoms with Gasteiger partial charge in [-0.05, 0) is 39.4 Å². The third-order valence-corrected chi connectivity index (χ3v) is 4.46. The van der Waals surface area contributed by atoms with Crippen LogP contribution in [-0.2, 0) is 19.4 Å². The maximum atomic E-state index is 12.0. The molecule has 0 spiro atoms. The van der Waals surface area contributed by atoms with Crippen molar-refractivity contribution in [2.75, 3.05) is 32.1 Å². The minimum atomic E-state index is -3.24. The second-order valence-corrected chi connectivity index (χ2v) is 7.66. The lowest BCUT2D eigenvalue weighted by Crippen LogP contribution is -2.46. The molecule has 1 rings (SSSR count). The molecule has 1 aliphatic rings.